The zero-order valence-electron chi connectivity index (χ0n) is 13.1. The largest absolute Gasteiger partial charge is 0.293 e. The normalized spacial score (nSPS) is 11.5. The SMILES string of the molecule is Cc1nc2c(-c3ccccc3F)c(C)[nH]n2c(=O)c1C(C)C. The van der Waals surface area contributed by atoms with Gasteiger partial charge in [-0.15, -0.1) is 0 Å². The number of fused-ring (bicyclic) bond motifs is 1. The molecule has 0 spiro atoms. The number of H-pyrrole nitrogens is 1. The van der Waals surface area contributed by atoms with E-state index in [9.17, 15) is 9.18 Å². The summed E-state index contributed by atoms with van der Waals surface area (Å²) < 4.78 is 15.6. The van der Waals surface area contributed by atoms with Crippen molar-refractivity contribution in [2.75, 3.05) is 0 Å². The van der Waals surface area contributed by atoms with Gasteiger partial charge in [-0.25, -0.2) is 13.9 Å². The summed E-state index contributed by atoms with van der Waals surface area (Å²) in [6, 6.07) is 6.52. The first-order valence-corrected chi connectivity index (χ1v) is 7.28. The van der Waals surface area contributed by atoms with Crippen LogP contribution in [0.15, 0.2) is 29.1 Å². The van der Waals surface area contributed by atoms with Gasteiger partial charge in [0.05, 0.1) is 0 Å². The van der Waals surface area contributed by atoms with Gasteiger partial charge in [-0.3, -0.25) is 9.89 Å². The summed E-state index contributed by atoms with van der Waals surface area (Å²) in [5, 5.41) is 3.02. The van der Waals surface area contributed by atoms with Gasteiger partial charge in [-0.1, -0.05) is 32.0 Å². The second kappa shape index (κ2) is 5.09. The van der Waals surface area contributed by atoms with Crippen LogP contribution in [0, 0.1) is 19.7 Å². The lowest BCUT2D eigenvalue weighted by Gasteiger charge is -2.09. The van der Waals surface area contributed by atoms with Crippen molar-refractivity contribution in [2.45, 2.75) is 33.6 Å². The van der Waals surface area contributed by atoms with E-state index in [1.54, 1.807) is 18.2 Å². The summed E-state index contributed by atoms with van der Waals surface area (Å²) in [7, 11) is 0. The zero-order chi connectivity index (χ0) is 16.0. The van der Waals surface area contributed by atoms with Crippen molar-refractivity contribution in [3.63, 3.8) is 0 Å². The molecule has 0 saturated heterocycles. The minimum Gasteiger partial charge on any atom is -0.293 e. The van der Waals surface area contributed by atoms with Gasteiger partial charge in [0.2, 0.25) is 0 Å². The highest BCUT2D eigenvalue weighted by atomic mass is 19.1. The molecule has 4 nitrogen and oxygen atoms in total. The second-order valence-electron chi connectivity index (χ2n) is 5.82. The Morgan fingerprint density at radius 3 is 2.55 bits per heavy atom. The number of benzene rings is 1. The lowest BCUT2D eigenvalue weighted by Crippen LogP contribution is -2.22. The summed E-state index contributed by atoms with van der Waals surface area (Å²) in [5.74, 6) is -0.246. The van der Waals surface area contributed by atoms with Crippen molar-refractivity contribution < 1.29 is 4.39 Å². The third-order valence-electron chi connectivity index (χ3n) is 3.91. The van der Waals surface area contributed by atoms with Crippen LogP contribution < -0.4 is 5.56 Å². The minimum absolute atomic E-state index is 0.0809. The van der Waals surface area contributed by atoms with Crippen LogP contribution in [0.1, 0.15) is 36.7 Å². The summed E-state index contributed by atoms with van der Waals surface area (Å²) in [6.45, 7) is 7.57. The number of nitrogens with zero attached hydrogens (tertiary/aromatic N) is 2. The predicted molar refractivity (Wildman–Crippen MR) is 84.8 cm³/mol. The minimum atomic E-state index is -0.327. The van der Waals surface area contributed by atoms with E-state index in [1.165, 1.54) is 10.6 Å². The fourth-order valence-electron chi connectivity index (χ4n) is 2.95. The number of aromatic nitrogens is 3. The Labute approximate surface area is 127 Å². The van der Waals surface area contributed by atoms with Crippen LogP contribution in [0.4, 0.5) is 4.39 Å². The molecule has 114 valence electrons. The highest BCUT2D eigenvalue weighted by molar-refractivity contribution is 5.80. The molecule has 1 N–H and O–H groups in total. The standard InChI is InChI=1S/C17H18FN3O/c1-9(2)14-10(3)19-16-15(11(4)20-21(16)17(14)22)12-7-5-6-8-13(12)18/h5-9,20H,1-4H3. The maximum absolute atomic E-state index is 14.1. The Morgan fingerprint density at radius 1 is 1.23 bits per heavy atom. The fourth-order valence-corrected chi connectivity index (χ4v) is 2.95. The maximum atomic E-state index is 14.1. The topological polar surface area (TPSA) is 50.2 Å². The van der Waals surface area contributed by atoms with E-state index in [1.807, 2.05) is 27.7 Å². The molecule has 3 aromatic rings. The number of nitrogens with one attached hydrogen (secondary N) is 1. The van der Waals surface area contributed by atoms with Crippen LogP contribution in [0.2, 0.25) is 0 Å². The van der Waals surface area contributed by atoms with Gasteiger partial charge in [0.1, 0.15) is 5.82 Å². The summed E-state index contributed by atoms with van der Waals surface area (Å²) >= 11 is 0. The predicted octanol–water partition coefficient (Wildman–Crippen LogP) is 3.57. The Bertz CT molecular complexity index is 922. The molecule has 3 rings (SSSR count). The summed E-state index contributed by atoms with van der Waals surface area (Å²) in [4.78, 5) is 17.2. The van der Waals surface area contributed by atoms with Crippen molar-refractivity contribution in [3.05, 3.63) is 57.4 Å². The molecule has 0 saturated carbocycles. The average Bonchev–Trinajstić information content (AvgIpc) is 2.76. The Hall–Kier alpha value is -2.43. The molecule has 0 aliphatic heterocycles. The van der Waals surface area contributed by atoms with E-state index < -0.39 is 0 Å². The Morgan fingerprint density at radius 2 is 1.91 bits per heavy atom. The van der Waals surface area contributed by atoms with E-state index in [2.05, 4.69) is 10.1 Å². The lowest BCUT2D eigenvalue weighted by atomic mass is 10.0. The van der Waals surface area contributed by atoms with Crippen LogP contribution in [-0.4, -0.2) is 14.6 Å². The van der Waals surface area contributed by atoms with Crippen LogP contribution in [0.3, 0.4) is 0 Å². The molecule has 0 radical (unpaired) electrons. The zero-order valence-corrected chi connectivity index (χ0v) is 13.1. The monoisotopic (exact) mass is 299 g/mol. The number of rotatable bonds is 2. The number of hydrogen-bond donors (Lipinski definition) is 1. The fraction of sp³-hybridized carbons (Fsp3) is 0.294. The smallest absolute Gasteiger partial charge is 0.276 e. The Balaban J connectivity index is 2.42. The first kappa shape index (κ1) is 14.5. The van der Waals surface area contributed by atoms with E-state index in [0.29, 0.717) is 28.0 Å². The summed E-state index contributed by atoms with van der Waals surface area (Å²) in [6.07, 6.45) is 0. The molecule has 0 amide bonds. The average molecular weight is 299 g/mol. The molecule has 2 aromatic heterocycles. The van der Waals surface area contributed by atoms with Gasteiger partial charge < -0.3 is 0 Å². The maximum Gasteiger partial charge on any atom is 0.276 e. The summed E-state index contributed by atoms with van der Waals surface area (Å²) in [5.41, 5.74) is 3.51. The third kappa shape index (κ3) is 2.04. The number of aromatic amines is 1. The van der Waals surface area contributed by atoms with E-state index in [-0.39, 0.29) is 17.3 Å². The van der Waals surface area contributed by atoms with Gasteiger partial charge >= 0.3 is 0 Å². The highest BCUT2D eigenvalue weighted by Gasteiger charge is 2.20. The number of aryl methyl sites for hydroxylation is 2. The quantitative estimate of drug-likeness (QED) is 0.786. The van der Waals surface area contributed by atoms with Crippen LogP contribution in [0.5, 0.6) is 0 Å². The van der Waals surface area contributed by atoms with Crippen molar-refractivity contribution in [3.8, 4) is 11.1 Å². The molecule has 2 heterocycles. The van der Waals surface area contributed by atoms with Crippen LogP contribution in [-0.2, 0) is 0 Å². The van der Waals surface area contributed by atoms with Crippen molar-refractivity contribution in [1.82, 2.24) is 14.6 Å². The van der Waals surface area contributed by atoms with Gasteiger partial charge in [-0.05, 0) is 25.8 Å². The number of hydrogen-bond acceptors (Lipinski definition) is 2. The Kier molecular flexibility index (Phi) is 3.35. The van der Waals surface area contributed by atoms with Gasteiger partial charge in [0, 0.05) is 28.1 Å². The highest BCUT2D eigenvalue weighted by Crippen LogP contribution is 2.29. The molecular weight excluding hydrogens is 281 g/mol. The first-order chi connectivity index (χ1) is 10.4. The van der Waals surface area contributed by atoms with E-state index in [4.69, 9.17) is 0 Å². The van der Waals surface area contributed by atoms with Gasteiger partial charge in [0.25, 0.3) is 5.56 Å². The van der Waals surface area contributed by atoms with Crippen molar-refractivity contribution in [1.29, 1.82) is 0 Å². The lowest BCUT2D eigenvalue weighted by molar-refractivity contribution is 0.631. The van der Waals surface area contributed by atoms with Crippen molar-refractivity contribution >= 4 is 5.65 Å². The van der Waals surface area contributed by atoms with Crippen LogP contribution >= 0.6 is 0 Å². The van der Waals surface area contributed by atoms with Gasteiger partial charge in [-0.2, -0.15) is 0 Å². The second-order valence-corrected chi connectivity index (χ2v) is 5.82. The molecule has 22 heavy (non-hydrogen) atoms. The molecule has 0 aliphatic rings. The molecular formula is C17H18FN3O. The molecule has 0 atom stereocenters. The van der Waals surface area contributed by atoms with Crippen LogP contribution in [0.25, 0.3) is 16.8 Å². The third-order valence-corrected chi connectivity index (χ3v) is 3.91. The molecule has 1 aromatic carbocycles. The van der Waals surface area contributed by atoms with E-state index in [0.717, 1.165) is 5.69 Å². The first-order valence-electron chi connectivity index (χ1n) is 7.28. The molecule has 0 unspecified atom stereocenters. The molecule has 0 bridgehead atoms. The van der Waals surface area contributed by atoms with E-state index >= 15 is 0 Å². The van der Waals surface area contributed by atoms with Gasteiger partial charge in [0.15, 0.2) is 5.65 Å². The number of halogens is 1. The molecule has 0 fully saturated rings. The molecule has 5 heteroatoms. The van der Waals surface area contributed by atoms with Crippen molar-refractivity contribution in [2.24, 2.45) is 0 Å². The molecule has 0 aliphatic carbocycles.